The van der Waals surface area contributed by atoms with E-state index in [1.165, 1.54) is 23.9 Å². The molecule has 146 valence electrons. The van der Waals surface area contributed by atoms with Crippen molar-refractivity contribution in [3.05, 3.63) is 77.6 Å². The lowest BCUT2D eigenvalue weighted by Gasteiger charge is -2.09. The molecule has 1 aromatic carbocycles. The lowest BCUT2D eigenvalue weighted by Crippen LogP contribution is -2.05. The zero-order valence-electron chi connectivity index (χ0n) is 15.9. The fourth-order valence-electron chi connectivity index (χ4n) is 3.19. The van der Waals surface area contributed by atoms with Crippen molar-refractivity contribution < 1.29 is 9.18 Å². The number of pyridine rings is 1. The van der Waals surface area contributed by atoms with Gasteiger partial charge in [0.15, 0.2) is 11.6 Å². The molecule has 3 aromatic heterocycles. The number of nitrogens with one attached hydrogen (secondary N) is 1. The van der Waals surface area contributed by atoms with Crippen LogP contribution in [0.3, 0.4) is 0 Å². The van der Waals surface area contributed by atoms with Crippen molar-refractivity contribution in [3.8, 4) is 17.1 Å². The van der Waals surface area contributed by atoms with E-state index >= 15 is 0 Å². The minimum Gasteiger partial charge on any atom is -0.318 e. The molecular weight excluding hydrogens is 389 g/mol. The number of halogens is 1. The van der Waals surface area contributed by atoms with Gasteiger partial charge in [0, 0.05) is 40.6 Å². The number of benzene rings is 1. The maximum absolute atomic E-state index is 13.2. The van der Waals surface area contributed by atoms with Gasteiger partial charge >= 0.3 is 0 Å². The Morgan fingerprint density at radius 2 is 1.86 bits per heavy atom. The van der Waals surface area contributed by atoms with Crippen LogP contribution in [0.2, 0.25) is 0 Å². The van der Waals surface area contributed by atoms with E-state index in [1.54, 1.807) is 24.5 Å². The Balaban J connectivity index is 1.49. The molecule has 0 saturated heterocycles. The van der Waals surface area contributed by atoms with Crippen LogP contribution >= 0.6 is 11.8 Å². The summed E-state index contributed by atoms with van der Waals surface area (Å²) in [7, 11) is 0. The van der Waals surface area contributed by atoms with Gasteiger partial charge in [-0.15, -0.1) is 5.10 Å². The summed E-state index contributed by atoms with van der Waals surface area (Å²) in [5.74, 6) is 0.562. The number of hydrogen-bond acceptors (Lipinski definition) is 5. The van der Waals surface area contributed by atoms with E-state index in [2.05, 4.69) is 20.2 Å². The van der Waals surface area contributed by atoms with Gasteiger partial charge in [-0.1, -0.05) is 11.8 Å². The Hall–Kier alpha value is -3.26. The molecule has 3 heterocycles. The predicted molar refractivity (Wildman–Crippen MR) is 110 cm³/mol. The number of rotatable bonds is 6. The molecule has 8 heteroatoms. The minimum atomic E-state index is -0.290. The van der Waals surface area contributed by atoms with E-state index in [9.17, 15) is 9.18 Å². The summed E-state index contributed by atoms with van der Waals surface area (Å²) < 4.78 is 15.2. The molecule has 29 heavy (non-hydrogen) atoms. The van der Waals surface area contributed by atoms with Crippen molar-refractivity contribution in [2.24, 2.45) is 0 Å². The number of H-pyrrole nitrogens is 1. The Bertz CT molecular complexity index is 1150. The molecule has 0 spiro atoms. The molecule has 0 aliphatic carbocycles. The van der Waals surface area contributed by atoms with Gasteiger partial charge in [0.05, 0.1) is 5.75 Å². The number of carbonyl (C=O) groups excluding carboxylic acids is 1. The summed E-state index contributed by atoms with van der Waals surface area (Å²) in [6.45, 7) is 3.82. The van der Waals surface area contributed by atoms with Gasteiger partial charge in [-0.25, -0.2) is 9.37 Å². The molecule has 0 amide bonds. The standard InChI is InChI=1S/C21H18FN5OS/c1-13-11-18(14(2)27(13)17-5-3-16(22)4-6-17)19(28)12-29-21-24-20(25-26-21)15-7-9-23-10-8-15/h3-11H,12H2,1-2H3,(H,24,25,26). The van der Waals surface area contributed by atoms with E-state index in [-0.39, 0.29) is 17.4 Å². The van der Waals surface area contributed by atoms with E-state index in [4.69, 9.17) is 0 Å². The van der Waals surface area contributed by atoms with Crippen molar-refractivity contribution in [1.82, 2.24) is 24.7 Å². The summed E-state index contributed by atoms with van der Waals surface area (Å²) in [5, 5.41) is 7.56. The Morgan fingerprint density at radius 1 is 1.14 bits per heavy atom. The lowest BCUT2D eigenvalue weighted by atomic mass is 10.2. The van der Waals surface area contributed by atoms with Gasteiger partial charge in [-0.2, -0.15) is 0 Å². The summed E-state index contributed by atoms with van der Waals surface area (Å²) in [6.07, 6.45) is 3.37. The monoisotopic (exact) mass is 407 g/mol. The van der Waals surface area contributed by atoms with Crippen LogP contribution < -0.4 is 0 Å². The number of carbonyl (C=O) groups is 1. The average Bonchev–Trinajstić information content (AvgIpc) is 3.32. The molecule has 6 nitrogen and oxygen atoms in total. The van der Waals surface area contributed by atoms with Gasteiger partial charge in [-0.05, 0) is 56.3 Å². The summed E-state index contributed by atoms with van der Waals surface area (Å²) in [5.41, 5.74) is 4.09. The molecule has 1 N–H and O–H groups in total. The SMILES string of the molecule is Cc1cc(C(=O)CSc2n[nH]c(-c3ccncc3)n2)c(C)n1-c1ccc(F)cc1. The molecule has 0 aliphatic rings. The minimum absolute atomic E-state index is 0.00766. The Kier molecular flexibility index (Phi) is 5.26. The maximum atomic E-state index is 13.2. The number of aromatic amines is 1. The van der Waals surface area contributed by atoms with E-state index in [0.29, 0.717) is 16.5 Å². The van der Waals surface area contributed by atoms with Crippen molar-refractivity contribution in [3.63, 3.8) is 0 Å². The second kappa shape index (κ2) is 8.00. The molecular formula is C21H18FN5OS. The van der Waals surface area contributed by atoms with Gasteiger partial charge in [-0.3, -0.25) is 14.9 Å². The van der Waals surface area contributed by atoms with Crippen molar-refractivity contribution in [2.75, 3.05) is 5.75 Å². The third kappa shape index (κ3) is 3.97. The fraction of sp³-hybridized carbons (Fsp3) is 0.143. The fourth-order valence-corrected chi connectivity index (χ4v) is 3.87. The summed E-state index contributed by atoms with van der Waals surface area (Å²) in [6, 6.07) is 11.8. The normalized spacial score (nSPS) is 11.0. The number of hydrogen-bond donors (Lipinski definition) is 1. The highest BCUT2D eigenvalue weighted by atomic mass is 32.2. The van der Waals surface area contributed by atoms with Crippen LogP contribution in [-0.2, 0) is 0 Å². The van der Waals surface area contributed by atoms with Gasteiger partial charge in [0.1, 0.15) is 5.82 Å². The number of Topliss-reactive ketones (excluding diaryl/α,β-unsaturated/α-hetero) is 1. The zero-order valence-corrected chi connectivity index (χ0v) is 16.7. The molecule has 0 fully saturated rings. The van der Waals surface area contributed by atoms with Gasteiger partial charge < -0.3 is 4.57 Å². The molecule has 4 aromatic rings. The van der Waals surface area contributed by atoms with Gasteiger partial charge in [0.2, 0.25) is 5.16 Å². The smallest absolute Gasteiger partial charge is 0.209 e. The van der Waals surface area contributed by atoms with E-state index in [0.717, 1.165) is 22.6 Å². The van der Waals surface area contributed by atoms with Crippen LogP contribution in [0, 0.1) is 19.7 Å². The van der Waals surface area contributed by atoms with Crippen LogP contribution in [-0.4, -0.2) is 36.3 Å². The highest BCUT2D eigenvalue weighted by Gasteiger charge is 2.18. The molecule has 0 radical (unpaired) electrons. The van der Waals surface area contributed by atoms with Crippen molar-refractivity contribution >= 4 is 17.5 Å². The summed E-state index contributed by atoms with van der Waals surface area (Å²) in [4.78, 5) is 21.2. The van der Waals surface area contributed by atoms with Crippen LogP contribution in [0.4, 0.5) is 4.39 Å². The molecule has 0 atom stereocenters. The highest BCUT2D eigenvalue weighted by Crippen LogP contribution is 2.24. The summed E-state index contributed by atoms with van der Waals surface area (Å²) >= 11 is 1.28. The van der Waals surface area contributed by atoms with Crippen LogP contribution in [0.15, 0.2) is 60.0 Å². The third-order valence-electron chi connectivity index (χ3n) is 4.57. The Morgan fingerprint density at radius 3 is 2.59 bits per heavy atom. The number of aryl methyl sites for hydroxylation is 1. The first kappa shape index (κ1) is 19.1. The van der Waals surface area contributed by atoms with E-state index < -0.39 is 0 Å². The van der Waals surface area contributed by atoms with Gasteiger partial charge in [0.25, 0.3) is 0 Å². The highest BCUT2D eigenvalue weighted by molar-refractivity contribution is 7.99. The Labute approximate surface area is 171 Å². The largest absolute Gasteiger partial charge is 0.318 e. The number of thioether (sulfide) groups is 1. The first-order valence-corrected chi connectivity index (χ1v) is 9.95. The first-order chi connectivity index (χ1) is 14.0. The topological polar surface area (TPSA) is 76.5 Å². The molecule has 0 unspecified atom stereocenters. The van der Waals surface area contributed by atoms with Crippen molar-refractivity contribution in [2.45, 2.75) is 19.0 Å². The predicted octanol–water partition coefficient (Wildman–Crippen LogP) is 4.39. The molecule has 0 saturated carbocycles. The zero-order chi connectivity index (χ0) is 20.4. The van der Waals surface area contributed by atoms with Crippen LogP contribution in [0.1, 0.15) is 21.7 Å². The van der Waals surface area contributed by atoms with E-state index in [1.807, 2.05) is 36.6 Å². The second-order valence-corrected chi connectivity index (χ2v) is 7.45. The number of nitrogens with zero attached hydrogens (tertiary/aromatic N) is 4. The van der Waals surface area contributed by atoms with Crippen LogP contribution in [0.5, 0.6) is 0 Å². The lowest BCUT2D eigenvalue weighted by molar-refractivity contribution is 0.102. The second-order valence-electron chi connectivity index (χ2n) is 6.51. The molecule has 0 aliphatic heterocycles. The number of aromatic nitrogens is 5. The molecule has 0 bridgehead atoms. The quantitative estimate of drug-likeness (QED) is 0.379. The van der Waals surface area contributed by atoms with Crippen molar-refractivity contribution in [1.29, 1.82) is 0 Å². The first-order valence-electron chi connectivity index (χ1n) is 8.96. The maximum Gasteiger partial charge on any atom is 0.209 e. The number of ketones is 1. The van der Waals surface area contributed by atoms with Crippen LogP contribution in [0.25, 0.3) is 17.1 Å². The molecule has 4 rings (SSSR count). The average molecular weight is 407 g/mol. The third-order valence-corrected chi connectivity index (χ3v) is 5.41.